The number of para-hydroxylation sites is 1. The van der Waals surface area contributed by atoms with Crippen LogP contribution in [0.5, 0.6) is 11.5 Å². The molecule has 2 aromatic carbocycles. The van der Waals surface area contributed by atoms with Gasteiger partial charge in [0.25, 0.3) is 17.2 Å². The van der Waals surface area contributed by atoms with Crippen molar-refractivity contribution in [2.75, 3.05) is 7.11 Å². The fraction of sp³-hybridized carbons (Fsp3) is 0.355. The molecule has 5 rings (SSSR count). The molecule has 3 heterocycles. The van der Waals surface area contributed by atoms with Crippen LogP contribution in [0.1, 0.15) is 44.5 Å². The van der Waals surface area contributed by atoms with E-state index in [-0.39, 0.29) is 33.8 Å². The number of carbonyl (C=O) groups is 6. The van der Waals surface area contributed by atoms with E-state index in [1.54, 1.807) is 20.8 Å². The number of benzene rings is 2. The maximum absolute atomic E-state index is 14.0. The number of ether oxygens (including phenoxy) is 3. The summed E-state index contributed by atoms with van der Waals surface area (Å²) in [6.45, 7) is 4.81. The maximum Gasteiger partial charge on any atom is 0.513 e. The van der Waals surface area contributed by atoms with Crippen LogP contribution in [0, 0.1) is 5.21 Å². The van der Waals surface area contributed by atoms with Crippen LogP contribution in [0.25, 0.3) is 11.0 Å². The highest BCUT2D eigenvalue weighted by molar-refractivity contribution is 8.01. The predicted octanol–water partition coefficient (Wildman–Crippen LogP) is 1.00. The van der Waals surface area contributed by atoms with Crippen molar-refractivity contribution in [1.29, 1.82) is 0 Å². The number of carboxylic acids is 1. The number of β-lactam (4-membered cyclic amide) rings is 1. The molecule has 0 saturated carbocycles. The zero-order valence-electron chi connectivity index (χ0n) is 26.4. The molecule has 0 aliphatic carbocycles. The first-order valence-corrected chi connectivity index (χ1v) is 15.6. The molecule has 3 aromatic rings. The lowest BCUT2D eigenvalue weighted by molar-refractivity contribution is -0.799. The van der Waals surface area contributed by atoms with Crippen LogP contribution in [-0.4, -0.2) is 80.0 Å². The molecule has 0 spiro atoms. The highest BCUT2D eigenvalue weighted by atomic mass is 32.2. The van der Waals surface area contributed by atoms with Crippen LogP contribution in [0.3, 0.4) is 0 Å². The number of nitrogens with zero attached hydrogens (tertiary/aromatic N) is 3. The summed E-state index contributed by atoms with van der Waals surface area (Å²) >= 11 is 1.06. The summed E-state index contributed by atoms with van der Waals surface area (Å²) in [5.41, 5.74) is 4.26. The van der Waals surface area contributed by atoms with Gasteiger partial charge in [0.05, 0.1) is 17.4 Å². The van der Waals surface area contributed by atoms with Crippen molar-refractivity contribution in [2.45, 2.75) is 61.9 Å². The van der Waals surface area contributed by atoms with Crippen molar-refractivity contribution >= 4 is 58.5 Å². The van der Waals surface area contributed by atoms with Gasteiger partial charge in [-0.1, -0.05) is 25.1 Å². The number of carbonyl (C=O) groups excluding carboxylic acids is 5. The molecule has 49 heavy (non-hydrogen) atoms. The van der Waals surface area contributed by atoms with Crippen LogP contribution in [0.15, 0.2) is 51.8 Å². The fourth-order valence-corrected chi connectivity index (χ4v) is 7.31. The zero-order chi connectivity index (χ0) is 35.9. The number of thioether (sulfide) groups is 1. The zero-order valence-corrected chi connectivity index (χ0v) is 27.3. The van der Waals surface area contributed by atoms with Gasteiger partial charge in [-0.15, -0.1) is 11.8 Å². The maximum atomic E-state index is 14.0. The second kappa shape index (κ2) is 13.2. The lowest BCUT2D eigenvalue weighted by Gasteiger charge is -2.47. The van der Waals surface area contributed by atoms with Gasteiger partial charge >= 0.3 is 23.8 Å². The Hall–Kier alpha value is -5.49. The highest BCUT2D eigenvalue weighted by Crippen LogP contribution is 2.52. The van der Waals surface area contributed by atoms with Crippen molar-refractivity contribution in [3.05, 3.63) is 69.2 Å². The molecule has 3 N–H and O–H groups in total. The molecule has 18 heteroatoms. The molecule has 3 amide bonds. The average molecular weight is 699 g/mol. The monoisotopic (exact) mass is 698 g/mol. The SMILES string of the molecule is CCC(=O)Oc1ccc(C(N)C(=O)N(C(=O)Cc2c(=O)c3cccc(OC(=O)OC)c3o[n+]2[O-])[C@@H]2C(=O)N3[C@@H]2SC(C)(C)[C@@H]3C(=O)O)cc1. The van der Waals surface area contributed by atoms with Crippen LogP contribution in [-0.2, 0) is 35.1 Å². The standard InChI is InChI=1S/C31H30N4O13S/c1-5-20(37)46-15-11-9-14(10-12-15)21(32)26(39)33(22-27(40)34-25(29(41)42)31(2,3)49-28(22)34)19(36)13-17-23(38)16-7-6-8-18(47-30(43)45-4)24(16)48-35(17)44/h6-12,21-22,25,28H,5,13,32H2,1-4H3,(H,41,42)/t21?,22-,25+,28-/m1/s1. The Labute approximate surface area is 281 Å². The minimum atomic E-state index is -1.57. The highest BCUT2D eigenvalue weighted by Gasteiger charge is 2.66. The second-order valence-corrected chi connectivity index (χ2v) is 13.3. The lowest BCUT2D eigenvalue weighted by Crippen LogP contribution is -2.73. The van der Waals surface area contributed by atoms with Gasteiger partial charge in [-0.3, -0.25) is 34.1 Å². The van der Waals surface area contributed by atoms with Crippen LogP contribution in [0.2, 0.25) is 0 Å². The average Bonchev–Trinajstić information content (AvgIpc) is 3.32. The summed E-state index contributed by atoms with van der Waals surface area (Å²) in [6.07, 6.45) is -2.09. The number of esters is 1. The van der Waals surface area contributed by atoms with Crippen LogP contribution in [0.4, 0.5) is 4.79 Å². The van der Waals surface area contributed by atoms with Gasteiger partial charge in [-0.05, 0) is 43.7 Å². The summed E-state index contributed by atoms with van der Waals surface area (Å²) in [4.78, 5) is 91.8. The molecule has 2 aliphatic heterocycles. The smallest absolute Gasteiger partial charge is 0.480 e. The summed E-state index contributed by atoms with van der Waals surface area (Å²) in [5.74, 6) is -5.06. The number of amides is 3. The van der Waals surface area contributed by atoms with Crippen molar-refractivity contribution in [1.82, 2.24) is 9.80 Å². The molecule has 1 unspecified atom stereocenters. The molecular formula is C31H30N4O13S. The largest absolute Gasteiger partial charge is 0.513 e. The van der Waals surface area contributed by atoms with E-state index in [9.17, 15) is 43.9 Å². The summed E-state index contributed by atoms with van der Waals surface area (Å²) < 4.78 is 18.7. The van der Waals surface area contributed by atoms with Gasteiger partial charge in [0.1, 0.15) is 41.3 Å². The van der Waals surface area contributed by atoms with Gasteiger partial charge in [0.2, 0.25) is 5.91 Å². The number of fused-ring (bicyclic) bond motifs is 2. The summed E-state index contributed by atoms with van der Waals surface area (Å²) in [7, 11) is 1.04. The van der Waals surface area contributed by atoms with E-state index in [2.05, 4.69) is 4.74 Å². The number of carboxylic acid groups (broad SMARTS) is 1. The summed E-state index contributed by atoms with van der Waals surface area (Å²) in [6, 6.07) is 4.94. The van der Waals surface area contributed by atoms with Crippen LogP contribution >= 0.6 is 11.8 Å². The first kappa shape index (κ1) is 34.8. The Balaban J connectivity index is 1.52. The quantitative estimate of drug-likeness (QED) is 0.104. The first-order chi connectivity index (χ1) is 23.1. The predicted molar refractivity (Wildman–Crippen MR) is 167 cm³/mol. The minimum absolute atomic E-state index is 0.114. The lowest BCUT2D eigenvalue weighted by atomic mass is 9.94. The number of aromatic nitrogens is 1. The van der Waals surface area contributed by atoms with Gasteiger partial charge in [0.15, 0.2) is 5.75 Å². The molecule has 2 fully saturated rings. The van der Waals surface area contributed by atoms with E-state index in [4.69, 9.17) is 19.7 Å². The molecule has 17 nitrogen and oxygen atoms in total. The number of nitrogens with two attached hydrogens (primary N) is 1. The number of methoxy groups -OCH3 is 1. The van der Waals surface area contributed by atoms with Gasteiger partial charge < -0.3 is 34.5 Å². The van der Waals surface area contributed by atoms with E-state index in [0.717, 1.165) is 23.8 Å². The van der Waals surface area contributed by atoms with Crippen molar-refractivity contribution in [2.24, 2.45) is 5.73 Å². The molecular weight excluding hydrogens is 668 g/mol. The van der Waals surface area contributed by atoms with Gasteiger partial charge in [0, 0.05) is 11.2 Å². The van der Waals surface area contributed by atoms with Crippen molar-refractivity contribution < 1.29 is 57.5 Å². The Kier molecular flexibility index (Phi) is 9.38. The van der Waals surface area contributed by atoms with E-state index in [1.807, 2.05) is 0 Å². The topological polar surface area (TPSA) is 240 Å². The third-order valence-electron chi connectivity index (χ3n) is 8.02. The van der Waals surface area contributed by atoms with Gasteiger partial charge in [-0.2, -0.15) is 0 Å². The van der Waals surface area contributed by atoms with Gasteiger partial charge in [-0.25, -0.2) is 9.59 Å². The second-order valence-electron chi connectivity index (χ2n) is 11.5. The number of hydrogen-bond acceptors (Lipinski definition) is 14. The molecule has 0 bridgehead atoms. The molecule has 4 atom stereocenters. The Bertz CT molecular complexity index is 1940. The third-order valence-corrected chi connectivity index (χ3v) is 9.57. The normalized spacial score (nSPS) is 19.7. The minimum Gasteiger partial charge on any atom is -0.480 e. The van der Waals surface area contributed by atoms with E-state index in [0.29, 0.717) is 4.90 Å². The third kappa shape index (κ3) is 6.27. The number of hydrogen-bond donors (Lipinski definition) is 2. The van der Waals surface area contributed by atoms with Crippen molar-refractivity contribution in [3.8, 4) is 11.5 Å². The van der Waals surface area contributed by atoms with Crippen molar-refractivity contribution in [3.63, 3.8) is 0 Å². The number of imide groups is 1. The fourth-order valence-electron chi connectivity index (χ4n) is 5.63. The van der Waals surface area contributed by atoms with E-state index >= 15 is 0 Å². The van der Waals surface area contributed by atoms with E-state index in [1.165, 1.54) is 42.5 Å². The Morgan fingerprint density at radius 3 is 2.41 bits per heavy atom. The molecule has 258 valence electrons. The molecule has 2 saturated heterocycles. The number of aliphatic carboxylic acids is 1. The van der Waals surface area contributed by atoms with Crippen LogP contribution < -0.4 is 25.5 Å². The number of rotatable bonds is 9. The first-order valence-electron chi connectivity index (χ1n) is 14.7. The molecule has 0 radical (unpaired) electrons. The van der Waals surface area contributed by atoms with E-state index < -0.39 is 87.2 Å². The Morgan fingerprint density at radius 1 is 1.12 bits per heavy atom. The summed E-state index contributed by atoms with van der Waals surface area (Å²) in [5, 5.41) is 21.6. The molecule has 2 aliphatic rings. The molecule has 1 aromatic heterocycles. The Morgan fingerprint density at radius 2 is 1.80 bits per heavy atom.